The largest absolute Gasteiger partial charge is 0.322 e. The van der Waals surface area contributed by atoms with Gasteiger partial charge in [0.05, 0.1) is 5.69 Å². The SMILES string of the molecule is Cc1ccccc1C(=O)Nc1ccc(C(=O)N2CC=C(CCN(C)C)Sc3ccccc32)cc1. The number of aryl methyl sites for hydroxylation is 1. The van der Waals surface area contributed by atoms with Crippen LogP contribution in [0.25, 0.3) is 0 Å². The normalized spacial score (nSPS) is 13.2. The molecule has 2 amide bonds. The Balaban J connectivity index is 1.52. The van der Waals surface area contributed by atoms with Crippen LogP contribution in [0.15, 0.2) is 88.7 Å². The Morgan fingerprint density at radius 1 is 0.971 bits per heavy atom. The van der Waals surface area contributed by atoms with Gasteiger partial charge < -0.3 is 15.1 Å². The predicted molar refractivity (Wildman–Crippen MR) is 141 cm³/mol. The second-order valence-corrected chi connectivity index (χ2v) is 9.72. The number of thioether (sulfide) groups is 1. The van der Waals surface area contributed by atoms with E-state index in [1.807, 2.05) is 48.2 Å². The van der Waals surface area contributed by atoms with Crippen LogP contribution in [0.5, 0.6) is 0 Å². The van der Waals surface area contributed by atoms with Gasteiger partial charge in [0, 0.05) is 34.8 Å². The first-order valence-electron chi connectivity index (χ1n) is 11.3. The van der Waals surface area contributed by atoms with Gasteiger partial charge in [0.1, 0.15) is 0 Å². The van der Waals surface area contributed by atoms with Crippen LogP contribution in [-0.4, -0.2) is 43.9 Å². The Labute approximate surface area is 205 Å². The first-order chi connectivity index (χ1) is 16.4. The molecule has 1 aliphatic rings. The average Bonchev–Trinajstić information content (AvgIpc) is 3.02. The molecule has 0 spiro atoms. The molecule has 3 aromatic rings. The number of para-hydroxylation sites is 1. The summed E-state index contributed by atoms with van der Waals surface area (Å²) in [5.41, 5.74) is 3.72. The standard InChI is InChI=1S/C28H29N3O2S/c1-20-8-4-5-9-24(20)27(32)29-22-14-12-21(13-15-22)28(33)31-19-17-23(16-18-30(2)3)34-26-11-7-6-10-25(26)31/h4-15,17H,16,18-19H2,1-3H3,(H,29,32). The molecule has 0 bridgehead atoms. The second kappa shape index (κ2) is 10.7. The summed E-state index contributed by atoms with van der Waals surface area (Å²) in [6.45, 7) is 3.40. The van der Waals surface area contributed by atoms with E-state index in [-0.39, 0.29) is 11.8 Å². The van der Waals surface area contributed by atoms with Crippen molar-refractivity contribution in [2.75, 3.05) is 37.4 Å². The highest BCUT2D eigenvalue weighted by Crippen LogP contribution is 2.39. The number of hydrogen-bond donors (Lipinski definition) is 1. The number of fused-ring (bicyclic) bond motifs is 1. The number of hydrogen-bond acceptors (Lipinski definition) is 4. The topological polar surface area (TPSA) is 52.7 Å². The minimum Gasteiger partial charge on any atom is -0.322 e. The number of amides is 2. The number of anilines is 2. The fourth-order valence-electron chi connectivity index (χ4n) is 3.80. The van der Waals surface area contributed by atoms with Crippen molar-refractivity contribution in [3.05, 3.63) is 100 Å². The van der Waals surface area contributed by atoms with Crippen LogP contribution in [0, 0.1) is 6.92 Å². The molecule has 1 heterocycles. The molecule has 0 saturated heterocycles. The quantitative estimate of drug-likeness (QED) is 0.491. The lowest BCUT2D eigenvalue weighted by Gasteiger charge is -2.22. The van der Waals surface area contributed by atoms with E-state index in [0.717, 1.165) is 29.1 Å². The summed E-state index contributed by atoms with van der Waals surface area (Å²) in [5.74, 6) is -0.221. The summed E-state index contributed by atoms with van der Waals surface area (Å²) in [6, 6.07) is 22.6. The van der Waals surface area contributed by atoms with E-state index in [4.69, 9.17) is 0 Å². The van der Waals surface area contributed by atoms with Gasteiger partial charge in [-0.05, 0) is 80.4 Å². The Morgan fingerprint density at radius 3 is 2.41 bits per heavy atom. The number of nitrogens with one attached hydrogen (secondary N) is 1. The summed E-state index contributed by atoms with van der Waals surface area (Å²) < 4.78 is 0. The molecule has 1 N–H and O–H groups in total. The maximum absolute atomic E-state index is 13.5. The molecule has 5 nitrogen and oxygen atoms in total. The summed E-state index contributed by atoms with van der Waals surface area (Å²) in [5, 5.41) is 2.92. The third-order valence-electron chi connectivity index (χ3n) is 5.73. The zero-order valence-electron chi connectivity index (χ0n) is 19.7. The summed E-state index contributed by atoms with van der Waals surface area (Å²) in [7, 11) is 4.14. The lowest BCUT2D eigenvalue weighted by molar-refractivity contribution is 0.0988. The van der Waals surface area contributed by atoms with E-state index in [9.17, 15) is 9.59 Å². The third kappa shape index (κ3) is 5.58. The van der Waals surface area contributed by atoms with Gasteiger partial charge in [-0.15, -0.1) is 0 Å². The van der Waals surface area contributed by atoms with Crippen molar-refractivity contribution in [3.8, 4) is 0 Å². The highest BCUT2D eigenvalue weighted by atomic mass is 32.2. The van der Waals surface area contributed by atoms with Crippen LogP contribution < -0.4 is 10.2 Å². The molecule has 0 aliphatic carbocycles. The predicted octanol–water partition coefficient (Wildman–Crippen LogP) is 5.84. The zero-order valence-corrected chi connectivity index (χ0v) is 20.6. The van der Waals surface area contributed by atoms with Crippen molar-refractivity contribution in [3.63, 3.8) is 0 Å². The first-order valence-corrected chi connectivity index (χ1v) is 12.1. The van der Waals surface area contributed by atoms with Gasteiger partial charge in [-0.2, -0.15) is 0 Å². The lowest BCUT2D eigenvalue weighted by Crippen LogP contribution is -2.31. The molecule has 174 valence electrons. The number of rotatable bonds is 6. The highest BCUT2D eigenvalue weighted by Gasteiger charge is 2.23. The highest BCUT2D eigenvalue weighted by molar-refractivity contribution is 8.03. The molecule has 0 saturated carbocycles. The number of benzene rings is 3. The zero-order chi connectivity index (χ0) is 24.1. The van der Waals surface area contributed by atoms with Crippen molar-refractivity contribution in [1.29, 1.82) is 0 Å². The third-order valence-corrected chi connectivity index (χ3v) is 6.93. The molecule has 0 atom stereocenters. The molecular weight excluding hydrogens is 442 g/mol. The fraction of sp³-hybridized carbons (Fsp3) is 0.214. The van der Waals surface area contributed by atoms with Crippen LogP contribution >= 0.6 is 11.8 Å². The fourth-order valence-corrected chi connectivity index (χ4v) is 4.86. The maximum Gasteiger partial charge on any atom is 0.258 e. The summed E-state index contributed by atoms with van der Waals surface area (Å²) >= 11 is 1.74. The van der Waals surface area contributed by atoms with E-state index in [2.05, 4.69) is 36.5 Å². The minimum absolute atomic E-state index is 0.0602. The van der Waals surface area contributed by atoms with Crippen LogP contribution in [-0.2, 0) is 0 Å². The number of carbonyl (C=O) groups excluding carboxylic acids is 2. The van der Waals surface area contributed by atoms with Crippen LogP contribution in [0.3, 0.4) is 0 Å². The molecule has 1 aliphatic heterocycles. The van der Waals surface area contributed by atoms with Crippen molar-refractivity contribution >= 4 is 35.0 Å². The lowest BCUT2D eigenvalue weighted by atomic mass is 10.1. The Morgan fingerprint density at radius 2 is 1.68 bits per heavy atom. The molecular formula is C28H29N3O2S. The monoisotopic (exact) mass is 471 g/mol. The van der Waals surface area contributed by atoms with Crippen LogP contribution in [0.2, 0.25) is 0 Å². The summed E-state index contributed by atoms with van der Waals surface area (Å²) in [4.78, 5) is 32.4. The smallest absolute Gasteiger partial charge is 0.258 e. The van der Waals surface area contributed by atoms with Gasteiger partial charge in [0.2, 0.25) is 0 Å². The van der Waals surface area contributed by atoms with E-state index < -0.39 is 0 Å². The minimum atomic E-state index is -0.161. The Kier molecular flexibility index (Phi) is 7.50. The maximum atomic E-state index is 13.5. The van der Waals surface area contributed by atoms with Gasteiger partial charge >= 0.3 is 0 Å². The number of carbonyl (C=O) groups is 2. The summed E-state index contributed by atoms with van der Waals surface area (Å²) in [6.07, 6.45) is 3.10. The second-order valence-electron chi connectivity index (χ2n) is 8.56. The van der Waals surface area contributed by atoms with E-state index in [1.165, 1.54) is 4.91 Å². The number of nitrogens with zero attached hydrogens (tertiary/aromatic N) is 2. The van der Waals surface area contributed by atoms with Gasteiger partial charge in [-0.1, -0.05) is 48.2 Å². The van der Waals surface area contributed by atoms with Gasteiger partial charge in [-0.25, -0.2) is 0 Å². The molecule has 34 heavy (non-hydrogen) atoms. The van der Waals surface area contributed by atoms with Crippen molar-refractivity contribution in [2.24, 2.45) is 0 Å². The van der Waals surface area contributed by atoms with Crippen molar-refractivity contribution in [2.45, 2.75) is 18.2 Å². The first kappa shape index (κ1) is 23.8. The van der Waals surface area contributed by atoms with Gasteiger partial charge in [0.15, 0.2) is 0 Å². The molecule has 4 rings (SSSR count). The molecule has 3 aromatic carbocycles. The van der Waals surface area contributed by atoms with E-state index >= 15 is 0 Å². The van der Waals surface area contributed by atoms with Gasteiger partial charge in [0.25, 0.3) is 11.8 Å². The molecule has 6 heteroatoms. The van der Waals surface area contributed by atoms with Gasteiger partial charge in [-0.3, -0.25) is 9.59 Å². The van der Waals surface area contributed by atoms with E-state index in [0.29, 0.717) is 23.4 Å². The van der Waals surface area contributed by atoms with E-state index in [1.54, 1.807) is 42.1 Å². The molecule has 0 radical (unpaired) electrons. The van der Waals surface area contributed by atoms with Crippen LogP contribution in [0.1, 0.15) is 32.7 Å². The van der Waals surface area contributed by atoms with Crippen molar-refractivity contribution < 1.29 is 9.59 Å². The van der Waals surface area contributed by atoms with Crippen LogP contribution in [0.4, 0.5) is 11.4 Å². The molecule has 0 aromatic heterocycles. The average molecular weight is 472 g/mol. The molecule has 0 fully saturated rings. The van der Waals surface area contributed by atoms with Crippen molar-refractivity contribution in [1.82, 2.24) is 4.90 Å². The molecule has 0 unspecified atom stereocenters. The Hall–Kier alpha value is -3.35. The Bertz CT molecular complexity index is 1220.